The summed E-state index contributed by atoms with van der Waals surface area (Å²) in [7, 11) is 0. The van der Waals surface area contributed by atoms with Crippen molar-refractivity contribution in [2.75, 3.05) is 11.9 Å². The van der Waals surface area contributed by atoms with Crippen LogP contribution in [0.5, 0.6) is 5.75 Å². The molecule has 2 rings (SSSR count). The van der Waals surface area contributed by atoms with Crippen LogP contribution in [0.1, 0.15) is 37.0 Å². The van der Waals surface area contributed by atoms with Gasteiger partial charge in [0, 0.05) is 17.8 Å². The third kappa shape index (κ3) is 5.64. The Labute approximate surface area is 148 Å². The highest BCUT2D eigenvalue weighted by molar-refractivity contribution is 5.96. The lowest BCUT2D eigenvalue weighted by atomic mass is 10.2. The van der Waals surface area contributed by atoms with Crippen LogP contribution < -0.4 is 15.4 Å². The molecule has 25 heavy (non-hydrogen) atoms. The fourth-order valence-electron chi connectivity index (χ4n) is 2.25. The van der Waals surface area contributed by atoms with Gasteiger partial charge < -0.3 is 15.4 Å². The van der Waals surface area contributed by atoms with Gasteiger partial charge in [-0.2, -0.15) is 0 Å². The Kier molecular flexibility index (Phi) is 7.01. The maximum absolute atomic E-state index is 12.4. The van der Waals surface area contributed by atoms with Crippen LogP contribution in [-0.4, -0.2) is 24.5 Å². The minimum Gasteiger partial charge on any atom is -0.481 e. The average molecular weight is 340 g/mol. The van der Waals surface area contributed by atoms with Gasteiger partial charge in [-0.25, -0.2) is 0 Å². The second-order valence-corrected chi connectivity index (χ2v) is 5.65. The van der Waals surface area contributed by atoms with Gasteiger partial charge in [0.2, 0.25) is 0 Å². The Hall–Kier alpha value is -2.82. The Morgan fingerprint density at radius 1 is 1.00 bits per heavy atom. The summed E-state index contributed by atoms with van der Waals surface area (Å²) in [6.45, 7) is 4.54. The zero-order valence-corrected chi connectivity index (χ0v) is 14.6. The van der Waals surface area contributed by atoms with E-state index in [1.54, 1.807) is 24.3 Å². The lowest BCUT2D eigenvalue weighted by Crippen LogP contribution is -2.32. The SMILES string of the molecule is CCCNC(=O)c1ccc(NC(=O)[C@@H](CC)Oc2ccccc2)cc1. The molecule has 132 valence electrons. The molecule has 5 heteroatoms. The molecule has 0 aliphatic heterocycles. The Balaban J connectivity index is 1.95. The van der Waals surface area contributed by atoms with E-state index >= 15 is 0 Å². The zero-order chi connectivity index (χ0) is 18.1. The summed E-state index contributed by atoms with van der Waals surface area (Å²) < 4.78 is 5.73. The molecule has 2 aromatic carbocycles. The number of amides is 2. The van der Waals surface area contributed by atoms with Gasteiger partial charge in [0.15, 0.2) is 6.10 Å². The topological polar surface area (TPSA) is 67.4 Å². The van der Waals surface area contributed by atoms with Crippen LogP contribution in [0.15, 0.2) is 54.6 Å². The summed E-state index contributed by atoms with van der Waals surface area (Å²) in [4.78, 5) is 24.3. The maximum atomic E-state index is 12.4. The van der Waals surface area contributed by atoms with Gasteiger partial charge in [0.05, 0.1) is 0 Å². The third-order valence-corrected chi connectivity index (χ3v) is 3.63. The van der Waals surface area contributed by atoms with Crippen LogP contribution in [0.25, 0.3) is 0 Å². The molecule has 0 saturated carbocycles. The number of carbonyl (C=O) groups is 2. The molecular formula is C20H24N2O3. The first-order valence-corrected chi connectivity index (χ1v) is 8.54. The van der Waals surface area contributed by atoms with Crippen LogP contribution in [0.2, 0.25) is 0 Å². The Morgan fingerprint density at radius 3 is 2.28 bits per heavy atom. The molecule has 0 spiro atoms. The van der Waals surface area contributed by atoms with Crippen molar-refractivity contribution in [1.82, 2.24) is 5.32 Å². The number of rotatable bonds is 8. The quantitative estimate of drug-likeness (QED) is 0.771. The molecule has 0 unspecified atom stereocenters. The number of hydrogen-bond acceptors (Lipinski definition) is 3. The Bertz CT molecular complexity index is 684. The highest BCUT2D eigenvalue weighted by Gasteiger charge is 2.18. The molecule has 0 aliphatic carbocycles. The van der Waals surface area contributed by atoms with Crippen LogP contribution in [0.4, 0.5) is 5.69 Å². The molecule has 0 aromatic heterocycles. The molecule has 5 nitrogen and oxygen atoms in total. The molecule has 0 fully saturated rings. The summed E-state index contributed by atoms with van der Waals surface area (Å²) in [5, 5.41) is 5.64. The highest BCUT2D eigenvalue weighted by Crippen LogP contribution is 2.15. The van der Waals surface area contributed by atoms with Gasteiger partial charge in [0.25, 0.3) is 11.8 Å². The van der Waals surface area contributed by atoms with Gasteiger partial charge in [0.1, 0.15) is 5.75 Å². The monoisotopic (exact) mass is 340 g/mol. The minimum atomic E-state index is -0.574. The largest absolute Gasteiger partial charge is 0.481 e. The number of para-hydroxylation sites is 1. The average Bonchev–Trinajstić information content (AvgIpc) is 2.65. The van der Waals surface area contributed by atoms with Crippen LogP contribution in [0.3, 0.4) is 0 Å². The molecule has 2 aromatic rings. The fourth-order valence-corrected chi connectivity index (χ4v) is 2.25. The predicted octanol–water partition coefficient (Wildman–Crippen LogP) is 3.62. The second kappa shape index (κ2) is 9.47. The first-order valence-electron chi connectivity index (χ1n) is 8.54. The van der Waals surface area contributed by atoms with Gasteiger partial charge in [-0.3, -0.25) is 9.59 Å². The summed E-state index contributed by atoms with van der Waals surface area (Å²) in [5.41, 5.74) is 1.20. The second-order valence-electron chi connectivity index (χ2n) is 5.65. The van der Waals surface area contributed by atoms with Crippen molar-refractivity contribution in [3.63, 3.8) is 0 Å². The van der Waals surface area contributed by atoms with Gasteiger partial charge >= 0.3 is 0 Å². The van der Waals surface area contributed by atoms with Crippen molar-refractivity contribution < 1.29 is 14.3 Å². The van der Waals surface area contributed by atoms with E-state index in [-0.39, 0.29) is 11.8 Å². The van der Waals surface area contributed by atoms with E-state index in [9.17, 15) is 9.59 Å². The molecule has 0 aliphatic rings. The van der Waals surface area contributed by atoms with Crippen molar-refractivity contribution in [2.24, 2.45) is 0 Å². The number of hydrogen-bond donors (Lipinski definition) is 2. The molecule has 0 radical (unpaired) electrons. The van der Waals surface area contributed by atoms with E-state index < -0.39 is 6.10 Å². The zero-order valence-electron chi connectivity index (χ0n) is 14.6. The summed E-state index contributed by atoms with van der Waals surface area (Å²) >= 11 is 0. The number of benzene rings is 2. The normalized spacial score (nSPS) is 11.4. The van der Waals surface area contributed by atoms with Crippen molar-refractivity contribution in [2.45, 2.75) is 32.8 Å². The lowest BCUT2D eigenvalue weighted by Gasteiger charge is -2.17. The molecule has 2 amide bonds. The smallest absolute Gasteiger partial charge is 0.265 e. The van der Waals surface area contributed by atoms with E-state index in [2.05, 4.69) is 10.6 Å². The lowest BCUT2D eigenvalue weighted by molar-refractivity contribution is -0.122. The van der Waals surface area contributed by atoms with Crippen LogP contribution >= 0.6 is 0 Å². The maximum Gasteiger partial charge on any atom is 0.265 e. The van der Waals surface area contributed by atoms with Crippen molar-refractivity contribution in [1.29, 1.82) is 0 Å². The van der Waals surface area contributed by atoms with E-state index in [0.717, 1.165) is 6.42 Å². The van der Waals surface area contributed by atoms with Crippen LogP contribution in [-0.2, 0) is 4.79 Å². The number of nitrogens with one attached hydrogen (secondary N) is 2. The molecule has 0 heterocycles. The minimum absolute atomic E-state index is 0.112. The fraction of sp³-hybridized carbons (Fsp3) is 0.300. The number of ether oxygens (including phenoxy) is 1. The van der Waals surface area contributed by atoms with Gasteiger partial charge in [-0.05, 0) is 49.2 Å². The van der Waals surface area contributed by atoms with Gasteiger partial charge in [-0.1, -0.05) is 32.0 Å². The first-order chi connectivity index (χ1) is 12.1. The number of carbonyl (C=O) groups excluding carboxylic acids is 2. The molecule has 1 atom stereocenters. The summed E-state index contributed by atoms with van der Waals surface area (Å²) in [6, 6.07) is 16.1. The number of anilines is 1. The third-order valence-electron chi connectivity index (χ3n) is 3.63. The standard InChI is InChI=1S/C20H24N2O3/c1-3-14-21-19(23)15-10-12-16(13-11-15)22-20(24)18(4-2)25-17-8-6-5-7-9-17/h5-13,18H,3-4,14H2,1-2H3,(H,21,23)(H,22,24)/t18-/m1/s1. The first kappa shape index (κ1) is 18.5. The summed E-state index contributed by atoms with van der Waals surface area (Å²) in [5.74, 6) is 0.334. The van der Waals surface area contributed by atoms with Crippen molar-refractivity contribution in [3.8, 4) is 5.75 Å². The predicted molar refractivity (Wildman–Crippen MR) is 98.8 cm³/mol. The summed E-state index contributed by atoms with van der Waals surface area (Å²) in [6.07, 6.45) is 0.868. The molecule has 0 bridgehead atoms. The highest BCUT2D eigenvalue weighted by atomic mass is 16.5. The van der Waals surface area contributed by atoms with Crippen molar-refractivity contribution >= 4 is 17.5 Å². The van der Waals surface area contributed by atoms with Crippen LogP contribution in [0, 0.1) is 0 Å². The molecular weight excluding hydrogens is 316 g/mol. The molecule has 0 saturated heterocycles. The Morgan fingerprint density at radius 2 is 1.68 bits per heavy atom. The van der Waals surface area contributed by atoms with Crippen molar-refractivity contribution in [3.05, 3.63) is 60.2 Å². The van der Waals surface area contributed by atoms with E-state index in [1.807, 2.05) is 44.2 Å². The van der Waals surface area contributed by atoms with Gasteiger partial charge in [-0.15, -0.1) is 0 Å². The van der Waals surface area contributed by atoms with E-state index in [1.165, 1.54) is 0 Å². The van der Waals surface area contributed by atoms with E-state index in [0.29, 0.717) is 30.0 Å². The molecule has 2 N–H and O–H groups in total. The van der Waals surface area contributed by atoms with E-state index in [4.69, 9.17) is 4.74 Å².